The number of aromatic nitrogens is 2. The molecule has 2 N–H and O–H groups in total. The van der Waals surface area contributed by atoms with Crippen LogP contribution in [0.1, 0.15) is 25.8 Å². The number of halogens is 3. The van der Waals surface area contributed by atoms with Crippen LogP contribution in [0.15, 0.2) is 30.6 Å². The highest BCUT2D eigenvalue weighted by molar-refractivity contribution is 5.73. The molecular weight excluding hydrogens is 351 g/mol. The topological polar surface area (TPSA) is 93.0 Å². The molecule has 10 heteroatoms. The SMILES string of the molecule is CC(C)CCNc1ncnc(Nc2cccc(C(F)(F)F)c2)c1[N+](=O)[O-]. The number of nitrogens with one attached hydrogen (secondary N) is 2. The second-order valence-electron chi connectivity index (χ2n) is 5.99. The van der Waals surface area contributed by atoms with Gasteiger partial charge in [0.05, 0.1) is 10.5 Å². The van der Waals surface area contributed by atoms with E-state index in [1.807, 2.05) is 13.8 Å². The van der Waals surface area contributed by atoms with Crippen LogP contribution >= 0.6 is 0 Å². The Hall–Kier alpha value is -2.91. The van der Waals surface area contributed by atoms with Crippen LogP contribution in [0.25, 0.3) is 0 Å². The van der Waals surface area contributed by atoms with Gasteiger partial charge in [0, 0.05) is 12.2 Å². The van der Waals surface area contributed by atoms with Crippen molar-refractivity contribution in [1.82, 2.24) is 9.97 Å². The van der Waals surface area contributed by atoms with Gasteiger partial charge in [-0.05, 0) is 30.5 Å². The quantitative estimate of drug-likeness (QED) is 0.547. The molecule has 1 aromatic heterocycles. The zero-order chi connectivity index (χ0) is 19.3. The number of rotatable bonds is 7. The summed E-state index contributed by atoms with van der Waals surface area (Å²) in [6.45, 7) is 4.49. The van der Waals surface area contributed by atoms with Crippen LogP contribution in [-0.2, 0) is 6.18 Å². The van der Waals surface area contributed by atoms with Gasteiger partial charge in [-0.15, -0.1) is 0 Å². The Balaban J connectivity index is 2.30. The van der Waals surface area contributed by atoms with E-state index in [-0.39, 0.29) is 17.3 Å². The molecule has 0 saturated heterocycles. The number of hydrogen-bond donors (Lipinski definition) is 2. The van der Waals surface area contributed by atoms with E-state index in [0.29, 0.717) is 12.5 Å². The van der Waals surface area contributed by atoms with E-state index >= 15 is 0 Å². The second kappa shape index (κ2) is 7.98. The van der Waals surface area contributed by atoms with Crippen molar-refractivity contribution in [3.63, 3.8) is 0 Å². The average Bonchev–Trinajstić information content (AvgIpc) is 2.54. The van der Waals surface area contributed by atoms with Gasteiger partial charge in [0.25, 0.3) is 0 Å². The molecule has 0 radical (unpaired) electrons. The van der Waals surface area contributed by atoms with Crippen molar-refractivity contribution in [2.24, 2.45) is 5.92 Å². The van der Waals surface area contributed by atoms with E-state index in [4.69, 9.17) is 0 Å². The van der Waals surface area contributed by atoms with Crippen molar-refractivity contribution in [3.05, 3.63) is 46.3 Å². The Bertz CT molecular complexity index is 781. The maximum Gasteiger partial charge on any atom is 0.416 e. The molecule has 0 bridgehead atoms. The molecule has 26 heavy (non-hydrogen) atoms. The summed E-state index contributed by atoms with van der Waals surface area (Å²) in [5, 5.41) is 16.9. The molecule has 0 amide bonds. The minimum Gasteiger partial charge on any atom is -0.364 e. The summed E-state index contributed by atoms with van der Waals surface area (Å²) in [5.41, 5.74) is -1.25. The maximum atomic E-state index is 12.8. The summed E-state index contributed by atoms with van der Waals surface area (Å²) in [6, 6.07) is 4.35. The fourth-order valence-corrected chi connectivity index (χ4v) is 2.16. The van der Waals surface area contributed by atoms with Gasteiger partial charge in [0.15, 0.2) is 0 Å². The van der Waals surface area contributed by atoms with E-state index in [1.54, 1.807) is 0 Å². The first-order chi connectivity index (χ1) is 12.2. The zero-order valence-corrected chi connectivity index (χ0v) is 14.2. The number of nitrogens with zero attached hydrogens (tertiary/aromatic N) is 3. The Kier molecular flexibility index (Phi) is 5.96. The fourth-order valence-electron chi connectivity index (χ4n) is 2.16. The summed E-state index contributed by atoms with van der Waals surface area (Å²) in [4.78, 5) is 18.4. The van der Waals surface area contributed by atoms with Gasteiger partial charge in [-0.2, -0.15) is 13.2 Å². The molecule has 2 rings (SSSR count). The summed E-state index contributed by atoms with van der Waals surface area (Å²) in [7, 11) is 0. The van der Waals surface area contributed by atoms with E-state index in [9.17, 15) is 23.3 Å². The Morgan fingerprint density at radius 1 is 1.23 bits per heavy atom. The molecule has 1 heterocycles. The Labute approximate surface area is 147 Å². The van der Waals surface area contributed by atoms with E-state index in [2.05, 4.69) is 20.6 Å². The van der Waals surface area contributed by atoms with Crippen molar-refractivity contribution < 1.29 is 18.1 Å². The smallest absolute Gasteiger partial charge is 0.364 e. The van der Waals surface area contributed by atoms with Crippen LogP contribution in [0.2, 0.25) is 0 Å². The lowest BCUT2D eigenvalue weighted by molar-refractivity contribution is -0.383. The van der Waals surface area contributed by atoms with Gasteiger partial charge in [-0.25, -0.2) is 9.97 Å². The van der Waals surface area contributed by atoms with Crippen LogP contribution in [0.3, 0.4) is 0 Å². The fraction of sp³-hybridized carbons (Fsp3) is 0.375. The second-order valence-corrected chi connectivity index (χ2v) is 5.99. The summed E-state index contributed by atoms with van der Waals surface area (Å²) >= 11 is 0. The molecular formula is C16H18F3N5O2. The van der Waals surface area contributed by atoms with Crippen molar-refractivity contribution >= 4 is 23.0 Å². The average molecular weight is 369 g/mol. The maximum absolute atomic E-state index is 12.8. The lowest BCUT2D eigenvalue weighted by Gasteiger charge is -2.12. The number of benzene rings is 1. The first-order valence-electron chi connectivity index (χ1n) is 7.86. The summed E-state index contributed by atoms with van der Waals surface area (Å²) in [6.07, 6.45) is -2.63. The molecule has 1 aromatic carbocycles. The third kappa shape index (κ3) is 5.04. The van der Waals surface area contributed by atoms with Crippen molar-refractivity contribution in [1.29, 1.82) is 0 Å². The molecule has 2 aromatic rings. The lowest BCUT2D eigenvalue weighted by Crippen LogP contribution is -2.11. The molecule has 0 atom stereocenters. The number of hydrogen-bond acceptors (Lipinski definition) is 6. The molecule has 0 spiro atoms. The van der Waals surface area contributed by atoms with Gasteiger partial charge in [0.1, 0.15) is 6.33 Å². The standard InChI is InChI=1S/C16H18F3N5O2/c1-10(2)6-7-20-14-13(24(25)26)15(22-9-21-14)23-12-5-3-4-11(8-12)16(17,18)19/h3-5,8-10H,6-7H2,1-2H3,(H2,20,21,22,23). The van der Waals surface area contributed by atoms with Crippen molar-refractivity contribution in [2.45, 2.75) is 26.4 Å². The van der Waals surface area contributed by atoms with E-state index in [0.717, 1.165) is 24.9 Å². The molecule has 0 aliphatic rings. The zero-order valence-electron chi connectivity index (χ0n) is 14.2. The molecule has 0 unspecified atom stereocenters. The molecule has 0 saturated carbocycles. The number of alkyl halides is 3. The van der Waals surface area contributed by atoms with Crippen LogP contribution in [0.4, 0.5) is 36.2 Å². The van der Waals surface area contributed by atoms with E-state index < -0.39 is 22.4 Å². The molecule has 0 fully saturated rings. The third-order valence-electron chi connectivity index (χ3n) is 3.47. The highest BCUT2D eigenvalue weighted by atomic mass is 19.4. The monoisotopic (exact) mass is 369 g/mol. The molecule has 0 aliphatic heterocycles. The largest absolute Gasteiger partial charge is 0.416 e. The Morgan fingerprint density at radius 2 is 1.92 bits per heavy atom. The minimum absolute atomic E-state index is 0.0140. The van der Waals surface area contributed by atoms with E-state index in [1.165, 1.54) is 12.1 Å². The van der Waals surface area contributed by atoms with Gasteiger partial charge >= 0.3 is 11.9 Å². The van der Waals surface area contributed by atoms with Crippen LogP contribution in [0.5, 0.6) is 0 Å². The molecule has 140 valence electrons. The van der Waals surface area contributed by atoms with Crippen molar-refractivity contribution in [2.75, 3.05) is 17.2 Å². The first kappa shape index (κ1) is 19.4. The predicted octanol–water partition coefficient (Wildman–Crippen LogP) is 4.61. The predicted molar refractivity (Wildman–Crippen MR) is 91.4 cm³/mol. The normalized spacial score (nSPS) is 11.5. The van der Waals surface area contributed by atoms with Crippen LogP contribution in [0, 0.1) is 16.0 Å². The van der Waals surface area contributed by atoms with Gasteiger partial charge < -0.3 is 10.6 Å². The van der Waals surface area contributed by atoms with Crippen LogP contribution < -0.4 is 10.6 Å². The van der Waals surface area contributed by atoms with Crippen LogP contribution in [-0.4, -0.2) is 21.4 Å². The van der Waals surface area contributed by atoms with Gasteiger partial charge in [-0.3, -0.25) is 10.1 Å². The lowest BCUT2D eigenvalue weighted by atomic mass is 10.1. The molecule has 7 nitrogen and oxygen atoms in total. The highest BCUT2D eigenvalue weighted by Gasteiger charge is 2.31. The number of nitro groups is 1. The Morgan fingerprint density at radius 3 is 2.54 bits per heavy atom. The van der Waals surface area contributed by atoms with Crippen molar-refractivity contribution in [3.8, 4) is 0 Å². The summed E-state index contributed by atoms with van der Waals surface area (Å²) < 4.78 is 38.4. The van der Waals surface area contributed by atoms with Gasteiger partial charge in [0.2, 0.25) is 11.6 Å². The number of anilines is 3. The third-order valence-corrected chi connectivity index (χ3v) is 3.47. The first-order valence-corrected chi connectivity index (χ1v) is 7.86. The highest BCUT2D eigenvalue weighted by Crippen LogP contribution is 2.34. The summed E-state index contributed by atoms with van der Waals surface area (Å²) in [5.74, 6) is 0.225. The molecule has 0 aliphatic carbocycles. The van der Waals surface area contributed by atoms with Gasteiger partial charge in [-0.1, -0.05) is 19.9 Å². The minimum atomic E-state index is -4.52.